The molecule has 4 heterocycles. The number of aromatic amines is 1. The molecule has 138 valence electrons. The molecule has 1 aromatic carbocycles. The number of aromatic nitrogens is 3. The average Bonchev–Trinajstić information content (AvgIpc) is 3.31. The molecule has 0 atom stereocenters. The molecule has 1 fully saturated rings. The minimum atomic E-state index is 0.427. The van der Waals surface area contributed by atoms with Crippen molar-refractivity contribution in [1.82, 2.24) is 20.3 Å². The molecule has 5 rings (SSSR count). The van der Waals surface area contributed by atoms with Crippen molar-refractivity contribution in [1.29, 1.82) is 0 Å². The van der Waals surface area contributed by atoms with E-state index < -0.39 is 0 Å². The number of nitrogens with zero attached hydrogens (tertiary/aromatic N) is 2. The Labute approximate surface area is 163 Å². The summed E-state index contributed by atoms with van der Waals surface area (Å²) < 4.78 is 0. The molecule has 4 nitrogen and oxygen atoms in total. The van der Waals surface area contributed by atoms with Crippen LogP contribution in [0.5, 0.6) is 0 Å². The molecule has 3 aromatic heterocycles. The van der Waals surface area contributed by atoms with Crippen molar-refractivity contribution in [2.45, 2.75) is 38.5 Å². The van der Waals surface area contributed by atoms with E-state index >= 15 is 0 Å². The lowest BCUT2D eigenvalue weighted by atomic mass is 9.88. The highest BCUT2D eigenvalue weighted by atomic mass is 32.1. The Balaban J connectivity index is 1.66. The maximum Gasteiger partial charge on any atom is 0.143 e. The first-order chi connectivity index (χ1) is 13.2. The van der Waals surface area contributed by atoms with E-state index in [1.165, 1.54) is 34.9 Å². The molecule has 0 saturated carbocycles. The minimum Gasteiger partial charge on any atom is -0.353 e. The molecule has 5 heteroatoms. The third-order valence-electron chi connectivity index (χ3n) is 5.70. The van der Waals surface area contributed by atoms with Gasteiger partial charge in [0.15, 0.2) is 0 Å². The maximum absolute atomic E-state index is 4.87. The number of nitrogens with one attached hydrogen (secondary N) is 2. The number of rotatable bonds is 3. The largest absolute Gasteiger partial charge is 0.353 e. The standard InChI is InChI=1S/C22H24N4S/c1-13(2)20-16-11-15(14-7-9-23-10-8-14)3-4-17(16)25-21(20)18-5-6-19-22(26-18)27-12-24-19/h3-6,11-14,23,25H,7-10H2,1-2H3. The molecule has 2 N–H and O–H groups in total. The molecule has 0 aliphatic carbocycles. The Hall–Kier alpha value is -2.24. The van der Waals surface area contributed by atoms with Crippen LogP contribution in [0.4, 0.5) is 0 Å². The lowest BCUT2D eigenvalue weighted by molar-refractivity contribution is 0.460. The molecule has 1 saturated heterocycles. The highest BCUT2D eigenvalue weighted by Crippen LogP contribution is 2.37. The van der Waals surface area contributed by atoms with Crippen LogP contribution in [-0.2, 0) is 0 Å². The summed E-state index contributed by atoms with van der Waals surface area (Å²) in [5.41, 5.74) is 9.05. The van der Waals surface area contributed by atoms with E-state index in [1.807, 2.05) is 5.51 Å². The smallest absolute Gasteiger partial charge is 0.143 e. The SMILES string of the molecule is CC(C)c1c(-c2ccc3ncsc3n2)[nH]c2ccc(C3CCNCC3)cc12. The first kappa shape index (κ1) is 16.9. The monoisotopic (exact) mass is 376 g/mol. The zero-order chi connectivity index (χ0) is 18.4. The molecule has 0 unspecified atom stereocenters. The molecule has 0 bridgehead atoms. The van der Waals surface area contributed by atoms with Crippen LogP contribution in [0.25, 0.3) is 32.6 Å². The van der Waals surface area contributed by atoms with Crippen LogP contribution in [0.3, 0.4) is 0 Å². The fourth-order valence-electron chi connectivity index (χ4n) is 4.33. The number of hydrogen-bond donors (Lipinski definition) is 2. The number of piperidine rings is 1. The Kier molecular flexibility index (Phi) is 4.21. The first-order valence-electron chi connectivity index (χ1n) is 9.77. The van der Waals surface area contributed by atoms with Gasteiger partial charge in [0.1, 0.15) is 4.83 Å². The predicted molar refractivity (Wildman–Crippen MR) is 114 cm³/mol. The molecule has 0 amide bonds. The molecule has 1 aliphatic rings. The molecular weight excluding hydrogens is 352 g/mol. The highest BCUT2D eigenvalue weighted by molar-refractivity contribution is 7.16. The molecule has 0 radical (unpaired) electrons. The van der Waals surface area contributed by atoms with Gasteiger partial charge in [0, 0.05) is 10.9 Å². The van der Waals surface area contributed by atoms with Crippen LogP contribution in [-0.4, -0.2) is 28.0 Å². The predicted octanol–water partition coefficient (Wildman–Crippen LogP) is 5.43. The van der Waals surface area contributed by atoms with Crippen LogP contribution in [0, 0.1) is 0 Å². The Morgan fingerprint density at radius 3 is 2.78 bits per heavy atom. The number of fused-ring (bicyclic) bond motifs is 2. The molecule has 27 heavy (non-hydrogen) atoms. The van der Waals surface area contributed by atoms with Gasteiger partial charge in [-0.15, -0.1) is 11.3 Å². The van der Waals surface area contributed by atoms with Gasteiger partial charge in [-0.2, -0.15) is 0 Å². The van der Waals surface area contributed by atoms with Crippen LogP contribution in [0.15, 0.2) is 35.8 Å². The average molecular weight is 377 g/mol. The Morgan fingerprint density at radius 1 is 1.11 bits per heavy atom. The van der Waals surface area contributed by atoms with Crippen molar-refractivity contribution in [3.63, 3.8) is 0 Å². The normalized spacial score (nSPS) is 16.0. The zero-order valence-corrected chi connectivity index (χ0v) is 16.6. The van der Waals surface area contributed by atoms with Crippen LogP contribution >= 0.6 is 11.3 Å². The van der Waals surface area contributed by atoms with E-state index in [1.54, 1.807) is 11.3 Å². The molecule has 1 aliphatic heterocycles. The fourth-order valence-corrected chi connectivity index (χ4v) is 4.99. The molecule has 0 spiro atoms. The highest BCUT2D eigenvalue weighted by Gasteiger charge is 2.20. The number of thiazole rings is 1. The number of hydrogen-bond acceptors (Lipinski definition) is 4. The molecular formula is C22H24N4S. The van der Waals surface area contributed by atoms with Crippen molar-refractivity contribution in [2.24, 2.45) is 0 Å². The summed E-state index contributed by atoms with van der Waals surface area (Å²) in [6.07, 6.45) is 2.45. The van der Waals surface area contributed by atoms with Crippen molar-refractivity contribution in [2.75, 3.05) is 13.1 Å². The van der Waals surface area contributed by atoms with Crippen molar-refractivity contribution < 1.29 is 0 Å². The summed E-state index contributed by atoms with van der Waals surface area (Å²) in [5, 5.41) is 4.82. The van der Waals surface area contributed by atoms with E-state index in [0.717, 1.165) is 34.8 Å². The van der Waals surface area contributed by atoms with Crippen LogP contribution in [0.1, 0.15) is 49.7 Å². The minimum absolute atomic E-state index is 0.427. The Bertz CT molecular complexity index is 1100. The second kappa shape index (κ2) is 6.73. The summed E-state index contributed by atoms with van der Waals surface area (Å²) >= 11 is 1.60. The van der Waals surface area contributed by atoms with Gasteiger partial charge in [-0.25, -0.2) is 9.97 Å². The second-order valence-electron chi connectivity index (χ2n) is 7.77. The summed E-state index contributed by atoms with van der Waals surface area (Å²) in [6, 6.07) is 11.2. The van der Waals surface area contributed by atoms with Gasteiger partial charge in [0.2, 0.25) is 0 Å². The van der Waals surface area contributed by atoms with E-state index in [-0.39, 0.29) is 0 Å². The third-order valence-corrected chi connectivity index (χ3v) is 6.44. The van der Waals surface area contributed by atoms with Crippen LogP contribution < -0.4 is 5.32 Å². The quantitative estimate of drug-likeness (QED) is 0.501. The van der Waals surface area contributed by atoms with Gasteiger partial charge >= 0.3 is 0 Å². The molecule has 4 aromatic rings. The van der Waals surface area contributed by atoms with Gasteiger partial charge < -0.3 is 10.3 Å². The summed E-state index contributed by atoms with van der Waals surface area (Å²) in [7, 11) is 0. The number of pyridine rings is 1. The van der Waals surface area contributed by atoms with Gasteiger partial charge in [-0.1, -0.05) is 19.9 Å². The fraction of sp³-hybridized carbons (Fsp3) is 0.364. The van der Waals surface area contributed by atoms with Crippen molar-refractivity contribution in [3.05, 3.63) is 47.0 Å². The maximum atomic E-state index is 4.87. The van der Waals surface area contributed by atoms with Gasteiger partial charge in [-0.3, -0.25) is 0 Å². The van der Waals surface area contributed by atoms with Gasteiger partial charge in [0.05, 0.1) is 22.4 Å². The number of H-pyrrole nitrogens is 1. The van der Waals surface area contributed by atoms with Crippen molar-refractivity contribution >= 4 is 32.6 Å². The lowest BCUT2D eigenvalue weighted by Gasteiger charge is -2.23. The Morgan fingerprint density at radius 2 is 1.96 bits per heavy atom. The van der Waals surface area contributed by atoms with E-state index in [2.05, 4.69) is 59.5 Å². The number of benzene rings is 1. The summed E-state index contributed by atoms with van der Waals surface area (Å²) in [5.74, 6) is 1.09. The van der Waals surface area contributed by atoms with E-state index in [4.69, 9.17) is 4.98 Å². The zero-order valence-electron chi connectivity index (χ0n) is 15.7. The van der Waals surface area contributed by atoms with Gasteiger partial charge in [0.25, 0.3) is 0 Å². The van der Waals surface area contributed by atoms with E-state index in [0.29, 0.717) is 11.8 Å². The third kappa shape index (κ3) is 2.95. The lowest BCUT2D eigenvalue weighted by Crippen LogP contribution is -2.26. The summed E-state index contributed by atoms with van der Waals surface area (Å²) in [6.45, 7) is 6.79. The second-order valence-corrected chi connectivity index (χ2v) is 8.60. The van der Waals surface area contributed by atoms with E-state index in [9.17, 15) is 0 Å². The van der Waals surface area contributed by atoms with Crippen molar-refractivity contribution in [3.8, 4) is 11.4 Å². The first-order valence-corrected chi connectivity index (χ1v) is 10.7. The topological polar surface area (TPSA) is 53.6 Å². The van der Waals surface area contributed by atoms with Crippen LogP contribution in [0.2, 0.25) is 0 Å². The summed E-state index contributed by atoms with van der Waals surface area (Å²) in [4.78, 5) is 13.9. The van der Waals surface area contributed by atoms with Gasteiger partial charge in [-0.05, 0) is 73.2 Å².